The molecule has 0 saturated heterocycles. The summed E-state index contributed by atoms with van der Waals surface area (Å²) in [5.74, 6) is -4.12. The number of carboxylic acids is 2. The normalized spacial score (nSPS) is 25.1. The molecule has 0 bridgehead atoms. The number of nitrogens with two attached hydrogens (primary N) is 2. The molecule has 9 heteroatoms. The van der Waals surface area contributed by atoms with Crippen molar-refractivity contribution in [2.24, 2.45) is 11.5 Å². The van der Waals surface area contributed by atoms with Crippen molar-refractivity contribution in [3.8, 4) is 0 Å². The average Bonchev–Trinajstić information content (AvgIpc) is 2.31. The third-order valence-corrected chi connectivity index (χ3v) is 2.66. The predicted molar refractivity (Wildman–Crippen MR) is 56.4 cm³/mol. The van der Waals surface area contributed by atoms with Crippen LogP contribution in [0.3, 0.4) is 0 Å². The average molecular weight is 457 g/mol. The van der Waals surface area contributed by atoms with Crippen molar-refractivity contribution < 1.29 is 51.1 Å². The Balaban J connectivity index is 0. The Bertz CT molecular complexity index is 263. The molecule has 114 valence electrons. The molecule has 6 N–H and O–H groups in total. The van der Waals surface area contributed by atoms with Crippen LogP contribution in [0.2, 0.25) is 0 Å². The minimum Gasteiger partial charge on any atom is -0.547 e. The molecule has 1 aliphatic carbocycles. The molecule has 0 radical (unpaired) electrons. The first-order chi connectivity index (χ1) is 8.27. The molecule has 1 rings (SSSR count). The van der Waals surface area contributed by atoms with Crippen molar-refractivity contribution in [1.82, 2.24) is 0 Å². The fourth-order valence-corrected chi connectivity index (χ4v) is 1.45. The Kier molecular flexibility index (Phi) is 11.2. The molecular formula is C10H18N2O6Pt. The standard InChI is InChI=1S/C6H14N2.C4H6O6.Pt/c7-5-3-1-2-4-6(5)8;5-1(3(7)8)2(6)4(9)10;/h5-6H,1-4,7-8H2;1-2,5-6H,(H,7,8)(H,9,10);/q;;+2/p-2. The second-order valence-corrected chi connectivity index (χ2v) is 4.14. The maximum Gasteiger partial charge on any atom is 2.00 e. The van der Waals surface area contributed by atoms with E-state index in [1.807, 2.05) is 0 Å². The summed E-state index contributed by atoms with van der Waals surface area (Å²) < 4.78 is 0. The zero-order chi connectivity index (χ0) is 14.3. The Morgan fingerprint density at radius 1 is 0.947 bits per heavy atom. The first-order valence-corrected chi connectivity index (χ1v) is 5.56. The maximum absolute atomic E-state index is 9.63. The molecule has 1 aliphatic rings. The number of carboxylic acid groups (broad SMARTS) is 2. The van der Waals surface area contributed by atoms with E-state index in [0.717, 1.165) is 12.8 Å². The van der Waals surface area contributed by atoms with Crippen molar-refractivity contribution in [1.29, 1.82) is 0 Å². The van der Waals surface area contributed by atoms with Gasteiger partial charge in [0.15, 0.2) is 0 Å². The summed E-state index contributed by atoms with van der Waals surface area (Å²) in [7, 11) is 0. The van der Waals surface area contributed by atoms with Crippen molar-refractivity contribution in [2.45, 2.75) is 50.0 Å². The first-order valence-electron chi connectivity index (χ1n) is 5.56. The third-order valence-electron chi connectivity index (χ3n) is 2.66. The van der Waals surface area contributed by atoms with E-state index in [1.165, 1.54) is 12.8 Å². The third kappa shape index (κ3) is 8.28. The van der Waals surface area contributed by atoms with Crippen LogP contribution >= 0.6 is 0 Å². The van der Waals surface area contributed by atoms with Gasteiger partial charge < -0.3 is 41.5 Å². The van der Waals surface area contributed by atoms with E-state index in [1.54, 1.807) is 0 Å². The maximum atomic E-state index is 9.63. The van der Waals surface area contributed by atoms with Gasteiger partial charge in [0, 0.05) is 12.1 Å². The Labute approximate surface area is 125 Å². The van der Waals surface area contributed by atoms with Crippen LogP contribution in [0.25, 0.3) is 0 Å². The first kappa shape index (κ1) is 20.8. The molecule has 8 nitrogen and oxygen atoms in total. The minimum atomic E-state index is -2.44. The molecule has 0 heterocycles. The van der Waals surface area contributed by atoms with Crippen LogP contribution < -0.4 is 21.7 Å². The predicted octanol–water partition coefficient (Wildman–Crippen LogP) is -4.58. The van der Waals surface area contributed by atoms with Gasteiger partial charge in [0.1, 0.15) is 12.2 Å². The van der Waals surface area contributed by atoms with Crippen molar-refractivity contribution in [3.63, 3.8) is 0 Å². The molecule has 19 heavy (non-hydrogen) atoms. The summed E-state index contributed by atoms with van der Waals surface area (Å²) in [5.41, 5.74) is 11.3. The second-order valence-electron chi connectivity index (χ2n) is 4.14. The van der Waals surface area contributed by atoms with Gasteiger partial charge in [-0.1, -0.05) is 12.8 Å². The van der Waals surface area contributed by atoms with Crippen LogP contribution in [0, 0.1) is 0 Å². The van der Waals surface area contributed by atoms with Gasteiger partial charge in [-0.05, 0) is 12.8 Å². The van der Waals surface area contributed by atoms with E-state index in [4.69, 9.17) is 21.7 Å². The number of rotatable bonds is 3. The van der Waals surface area contributed by atoms with Gasteiger partial charge in [-0.3, -0.25) is 0 Å². The van der Waals surface area contributed by atoms with Crippen LogP contribution in [0.15, 0.2) is 0 Å². The molecule has 4 atom stereocenters. The number of carbonyl (C=O) groups is 2. The van der Waals surface area contributed by atoms with E-state index >= 15 is 0 Å². The molecular weight excluding hydrogens is 439 g/mol. The van der Waals surface area contributed by atoms with Crippen molar-refractivity contribution >= 4 is 11.9 Å². The largest absolute Gasteiger partial charge is 2.00 e. The van der Waals surface area contributed by atoms with E-state index in [0.29, 0.717) is 0 Å². The molecule has 0 aromatic heterocycles. The number of aliphatic carboxylic acids is 2. The molecule has 0 spiro atoms. The number of hydrogen-bond donors (Lipinski definition) is 4. The van der Waals surface area contributed by atoms with Gasteiger partial charge in [0.25, 0.3) is 0 Å². The topological polar surface area (TPSA) is 173 Å². The number of carbonyl (C=O) groups excluding carboxylic acids is 2. The molecule has 0 aliphatic heterocycles. The Hall–Kier alpha value is -0.532. The van der Waals surface area contributed by atoms with Gasteiger partial charge in [-0.15, -0.1) is 0 Å². The molecule has 4 unspecified atom stereocenters. The second kappa shape index (κ2) is 10.3. The summed E-state index contributed by atoms with van der Waals surface area (Å²) in [5, 5.41) is 35.7. The van der Waals surface area contributed by atoms with E-state index in [9.17, 15) is 19.8 Å². The number of hydrogen-bond acceptors (Lipinski definition) is 8. The van der Waals surface area contributed by atoms with Gasteiger partial charge >= 0.3 is 21.1 Å². The van der Waals surface area contributed by atoms with E-state index in [2.05, 4.69) is 0 Å². The van der Waals surface area contributed by atoms with Crippen molar-refractivity contribution in [3.05, 3.63) is 0 Å². The molecule has 1 fully saturated rings. The smallest absolute Gasteiger partial charge is 0.547 e. The van der Waals surface area contributed by atoms with E-state index < -0.39 is 24.1 Å². The summed E-state index contributed by atoms with van der Waals surface area (Å²) >= 11 is 0. The number of aliphatic hydroxyl groups is 2. The Morgan fingerprint density at radius 3 is 1.37 bits per heavy atom. The van der Waals surface area contributed by atoms with Gasteiger partial charge in [-0.2, -0.15) is 0 Å². The minimum absolute atomic E-state index is 0. The molecule has 0 aromatic carbocycles. The van der Waals surface area contributed by atoms with Gasteiger partial charge in [0.2, 0.25) is 0 Å². The zero-order valence-corrected chi connectivity index (χ0v) is 12.4. The molecule has 0 aromatic rings. The number of aliphatic hydroxyl groups excluding tert-OH is 2. The summed E-state index contributed by atoms with van der Waals surface area (Å²) in [4.78, 5) is 19.3. The Morgan fingerprint density at radius 2 is 1.21 bits per heavy atom. The SMILES string of the molecule is NC1CCCCC1N.O=C([O-])C(O)C(O)C(=O)[O-].[Pt+2]. The summed E-state index contributed by atoms with van der Waals surface area (Å²) in [6.45, 7) is 0. The summed E-state index contributed by atoms with van der Waals surface area (Å²) in [6.07, 6.45) is -0.0819. The summed E-state index contributed by atoms with van der Waals surface area (Å²) in [6, 6.07) is 0.562. The van der Waals surface area contributed by atoms with Crippen LogP contribution in [0.4, 0.5) is 0 Å². The monoisotopic (exact) mass is 457 g/mol. The van der Waals surface area contributed by atoms with Crippen LogP contribution in [0.1, 0.15) is 25.7 Å². The van der Waals surface area contributed by atoms with Crippen LogP contribution in [-0.4, -0.2) is 46.4 Å². The van der Waals surface area contributed by atoms with Crippen molar-refractivity contribution in [2.75, 3.05) is 0 Å². The van der Waals surface area contributed by atoms with Crippen LogP contribution in [-0.2, 0) is 30.7 Å². The molecule has 0 amide bonds. The zero-order valence-electron chi connectivity index (χ0n) is 10.1. The fourth-order valence-electron chi connectivity index (χ4n) is 1.45. The van der Waals surface area contributed by atoms with Gasteiger partial charge in [-0.25, -0.2) is 0 Å². The molecule has 1 saturated carbocycles. The van der Waals surface area contributed by atoms with Gasteiger partial charge in [0.05, 0.1) is 11.9 Å². The fraction of sp³-hybridized carbons (Fsp3) is 0.800. The quantitative estimate of drug-likeness (QED) is 0.328. The van der Waals surface area contributed by atoms with Crippen LogP contribution in [0.5, 0.6) is 0 Å². The van der Waals surface area contributed by atoms with E-state index in [-0.39, 0.29) is 33.1 Å².